The third-order valence-corrected chi connectivity index (χ3v) is 7.42. The molecule has 2 heterocycles. The van der Waals surface area contributed by atoms with Gasteiger partial charge in [-0.3, -0.25) is 14.8 Å². The van der Waals surface area contributed by atoms with E-state index in [1.54, 1.807) is 23.4 Å². The normalized spacial score (nSPS) is 18.9. The number of hydrogen-bond acceptors (Lipinski definition) is 8. The number of nitrogens with zero attached hydrogens (tertiary/aromatic N) is 1. The van der Waals surface area contributed by atoms with Crippen molar-refractivity contribution in [2.45, 2.75) is 62.4 Å². The van der Waals surface area contributed by atoms with E-state index in [1.165, 1.54) is 0 Å². The molecule has 0 radical (unpaired) electrons. The minimum absolute atomic E-state index is 0.00540. The summed E-state index contributed by atoms with van der Waals surface area (Å²) in [6.45, 7) is 0.357. The van der Waals surface area contributed by atoms with Crippen LogP contribution in [0.25, 0.3) is 0 Å². The highest BCUT2D eigenvalue weighted by Gasteiger charge is 2.32. The fraction of sp³-hybridized carbons (Fsp3) is 0.345. The van der Waals surface area contributed by atoms with Gasteiger partial charge in [-0.2, -0.15) is 0 Å². The van der Waals surface area contributed by atoms with Gasteiger partial charge in [0.25, 0.3) is 0 Å². The van der Waals surface area contributed by atoms with E-state index in [0.717, 1.165) is 33.0 Å². The van der Waals surface area contributed by atoms with Crippen LogP contribution in [0, 0.1) is 0 Å². The summed E-state index contributed by atoms with van der Waals surface area (Å²) in [6.07, 6.45) is 2.33. The van der Waals surface area contributed by atoms with Gasteiger partial charge < -0.3 is 19.9 Å². The molecule has 0 saturated carbocycles. The van der Waals surface area contributed by atoms with Crippen molar-refractivity contribution in [3.8, 4) is 0 Å². The van der Waals surface area contributed by atoms with Crippen molar-refractivity contribution in [1.82, 2.24) is 15.8 Å². The minimum Gasteiger partial charge on any atom is -0.392 e. The predicted molar refractivity (Wildman–Crippen MR) is 145 cm³/mol. The number of nitrogens with one attached hydrogen (secondary N) is 2. The van der Waals surface area contributed by atoms with Crippen LogP contribution in [0.2, 0.25) is 0 Å². The number of aromatic nitrogens is 1. The van der Waals surface area contributed by atoms with E-state index in [9.17, 15) is 14.7 Å². The maximum absolute atomic E-state index is 12.0. The Morgan fingerprint density at radius 2 is 1.64 bits per heavy atom. The van der Waals surface area contributed by atoms with Gasteiger partial charge >= 0.3 is 0 Å². The molecular weight excluding hydrogens is 518 g/mol. The summed E-state index contributed by atoms with van der Waals surface area (Å²) in [4.78, 5) is 27.5. The van der Waals surface area contributed by atoms with Crippen molar-refractivity contribution < 1.29 is 29.4 Å². The molecule has 206 valence electrons. The Kier molecular flexibility index (Phi) is 10.9. The number of aliphatic hydroxyl groups is 1. The van der Waals surface area contributed by atoms with Gasteiger partial charge in [0, 0.05) is 43.3 Å². The van der Waals surface area contributed by atoms with Crippen LogP contribution in [0.1, 0.15) is 60.3 Å². The first-order valence-electron chi connectivity index (χ1n) is 12.9. The quantitative estimate of drug-likeness (QED) is 0.150. The molecule has 1 aliphatic rings. The molecule has 39 heavy (non-hydrogen) atoms. The fourth-order valence-electron chi connectivity index (χ4n) is 4.18. The highest BCUT2D eigenvalue weighted by Crippen LogP contribution is 2.39. The lowest BCUT2D eigenvalue weighted by molar-refractivity contribution is -0.245. The number of thioether (sulfide) groups is 1. The summed E-state index contributed by atoms with van der Waals surface area (Å²) in [5, 5.41) is 21.7. The zero-order valence-electron chi connectivity index (χ0n) is 21.5. The van der Waals surface area contributed by atoms with Gasteiger partial charge in [0.1, 0.15) is 0 Å². The first kappa shape index (κ1) is 28.7. The molecule has 0 spiro atoms. The zero-order valence-corrected chi connectivity index (χ0v) is 22.3. The Balaban J connectivity index is 1.38. The number of pyridine rings is 1. The molecule has 0 aliphatic carbocycles. The third kappa shape index (κ3) is 8.87. The predicted octanol–water partition coefficient (Wildman–Crippen LogP) is 4.20. The van der Waals surface area contributed by atoms with Crippen LogP contribution < -0.4 is 10.8 Å². The Morgan fingerprint density at radius 3 is 2.33 bits per heavy atom. The van der Waals surface area contributed by atoms with Crippen LogP contribution in [0.15, 0.2) is 78.0 Å². The molecular formula is C29H33N3O6S. The monoisotopic (exact) mass is 551 g/mol. The highest BCUT2D eigenvalue weighted by atomic mass is 32.2. The number of amides is 2. The standard InChI is InChI=1S/C29H33N3O6S/c33-18-21-9-11-22(12-10-21)25-16-24(19-39-28-6-1-2-15-30-28)37-29(38-25)23-13-7-20(8-14-23)17-31-26(34)4-3-5-27(35)32-36/h1-2,6-15,24-25,29,33,36H,3-5,16-19H2,(H,31,34)(H,32,35)/t24-,25+,29+/m0/s1. The van der Waals surface area contributed by atoms with Crippen molar-refractivity contribution in [3.63, 3.8) is 0 Å². The molecule has 9 nitrogen and oxygen atoms in total. The van der Waals surface area contributed by atoms with Gasteiger partial charge in [-0.05, 0) is 35.2 Å². The number of carbonyl (C=O) groups is 2. The zero-order chi connectivity index (χ0) is 27.5. The van der Waals surface area contributed by atoms with Crippen molar-refractivity contribution >= 4 is 23.6 Å². The van der Waals surface area contributed by atoms with E-state index >= 15 is 0 Å². The summed E-state index contributed by atoms with van der Waals surface area (Å²) < 4.78 is 12.8. The number of rotatable bonds is 12. The average Bonchev–Trinajstić information content (AvgIpc) is 2.99. The van der Waals surface area contributed by atoms with E-state index < -0.39 is 12.2 Å². The van der Waals surface area contributed by atoms with Gasteiger partial charge in [0.2, 0.25) is 11.8 Å². The second-order valence-electron chi connectivity index (χ2n) is 9.24. The highest BCUT2D eigenvalue weighted by molar-refractivity contribution is 7.99. The molecule has 3 aromatic rings. The molecule has 2 amide bonds. The third-order valence-electron chi connectivity index (χ3n) is 6.34. The molecule has 0 bridgehead atoms. The molecule has 1 aromatic heterocycles. The topological polar surface area (TPSA) is 130 Å². The van der Waals surface area contributed by atoms with Gasteiger partial charge in [-0.1, -0.05) is 54.6 Å². The van der Waals surface area contributed by atoms with E-state index in [4.69, 9.17) is 14.7 Å². The second-order valence-corrected chi connectivity index (χ2v) is 10.3. The molecule has 2 aromatic carbocycles. The molecule has 1 aliphatic heterocycles. The Bertz CT molecular complexity index is 1190. The summed E-state index contributed by atoms with van der Waals surface area (Å²) in [5.74, 6) is 0.0613. The summed E-state index contributed by atoms with van der Waals surface area (Å²) in [7, 11) is 0. The van der Waals surface area contributed by atoms with Crippen LogP contribution in [-0.2, 0) is 32.2 Å². The van der Waals surface area contributed by atoms with Gasteiger partial charge in [0.15, 0.2) is 6.29 Å². The fourth-order valence-corrected chi connectivity index (χ4v) is 5.06. The number of hydrogen-bond donors (Lipinski definition) is 4. The van der Waals surface area contributed by atoms with E-state index in [-0.39, 0.29) is 37.6 Å². The molecule has 1 saturated heterocycles. The van der Waals surface area contributed by atoms with Crippen LogP contribution in [0.5, 0.6) is 0 Å². The van der Waals surface area contributed by atoms with Crippen molar-refractivity contribution in [2.75, 3.05) is 5.75 Å². The lowest BCUT2D eigenvalue weighted by Gasteiger charge is -2.36. The average molecular weight is 552 g/mol. The van der Waals surface area contributed by atoms with Crippen LogP contribution in [0.3, 0.4) is 0 Å². The molecule has 0 unspecified atom stereocenters. The molecule has 10 heteroatoms. The SMILES string of the molecule is O=C(CCCC(=O)NCc1ccc([C@@H]2O[C@H](CSc3ccccn3)C[C@H](c3ccc(CO)cc3)O2)cc1)NO. The largest absolute Gasteiger partial charge is 0.392 e. The summed E-state index contributed by atoms with van der Waals surface area (Å²) in [5.41, 5.74) is 5.24. The van der Waals surface area contributed by atoms with E-state index in [1.807, 2.05) is 66.7 Å². The van der Waals surface area contributed by atoms with E-state index in [0.29, 0.717) is 19.4 Å². The first-order valence-corrected chi connectivity index (χ1v) is 13.9. The number of aliphatic hydroxyl groups excluding tert-OH is 1. The number of hydroxylamine groups is 1. The smallest absolute Gasteiger partial charge is 0.243 e. The van der Waals surface area contributed by atoms with Gasteiger partial charge in [-0.15, -0.1) is 11.8 Å². The Hall–Kier alpha value is -3.28. The minimum atomic E-state index is -0.558. The number of carbonyl (C=O) groups excluding carboxylic acids is 2. The first-order chi connectivity index (χ1) is 19.0. The van der Waals surface area contributed by atoms with Gasteiger partial charge in [0.05, 0.1) is 23.8 Å². The summed E-state index contributed by atoms with van der Waals surface area (Å²) >= 11 is 1.65. The maximum Gasteiger partial charge on any atom is 0.243 e. The molecule has 3 atom stereocenters. The lowest BCUT2D eigenvalue weighted by Crippen LogP contribution is -2.31. The number of ether oxygens (including phenoxy) is 2. The Morgan fingerprint density at radius 1 is 0.923 bits per heavy atom. The molecule has 4 N–H and O–H groups in total. The van der Waals surface area contributed by atoms with Crippen LogP contribution in [0.4, 0.5) is 0 Å². The van der Waals surface area contributed by atoms with Crippen molar-refractivity contribution in [2.24, 2.45) is 0 Å². The number of benzene rings is 2. The van der Waals surface area contributed by atoms with Gasteiger partial charge in [-0.25, -0.2) is 10.5 Å². The van der Waals surface area contributed by atoms with Crippen molar-refractivity contribution in [1.29, 1.82) is 0 Å². The summed E-state index contributed by atoms with van der Waals surface area (Å²) in [6, 6.07) is 21.4. The second kappa shape index (κ2) is 14.8. The Labute approximate surface area is 231 Å². The molecule has 1 fully saturated rings. The van der Waals surface area contributed by atoms with Crippen LogP contribution >= 0.6 is 11.8 Å². The lowest BCUT2D eigenvalue weighted by atomic mass is 10.0. The van der Waals surface area contributed by atoms with Crippen LogP contribution in [-0.4, -0.2) is 39.0 Å². The van der Waals surface area contributed by atoms with E-state index in [2.05, 4.69) is 10.3 Å². The maximum atomic E-state index is 12.0. The van der Waals surface area contributed by atoms with Crippen molar-refractivity contribution in [3.05, 3.63) is 95.2 Å². The molecule has 4 rings (SSSR count).